The van der Waals surface area contributed by atoms with Gasteiger partial charge in [0.05, 0.1) is 29.7 Å². The summed E-state index contributed by atoms with van der Waals surface area (Å²) in [6.07, 6.45) is 9.71. The monoisotopic (exact) mass is 447 g/mol. The summed E-state index contributed by atoms with van der Waals surface area (Å²) in [5.74, 6) is 0.165. The van der Waals surface area contributed by atoms with Crippen molar-refractivity contribution in [3.63, 3.8) is 0 Å². The molecule has 9 nitrogen and oxygen atoms in total. The lowest BCUT2D eigenvalue weighted by atomic mass is 10.1. The number of ether oxygens (including phenoxy) is 1. The first-order chi connectivity index (χ1) is 15.5. The van der Waals surface area contributed by atoms with Gasteiger partial charge >= 0.3 is 0 Å². The van der Waals surface area contributed by atoms with E-state index in [9.17, 15) is 10.1 Å². The number of aryl methyl sites for hydroxylation is 1. The number of carbonyl (C=O) groups is 1. The van der Waals surface area contributed by atoms with Gasteiger partial charge < -0.3 is 10.1 Å². The van der Waals surface area contributed by atoms with Crippen LogP contribution in [-0.4, -0.2) is 30.3 Å². The number of rotatable bonds is 7. The maximum absolute atomic E-state index is 11.4. The Morgan fingerprint density at radius 2 is 2.19 bits per heavy atom. The molecule has 0 radical (unpaired) electrons. The summed E-state index contributed by atoms with van der Waals surface area (Å²) >= 11 is 6.49. The molecule has 1 N–H and O–H groups in total. The lowest BCUT2D eigenvalue weighted by Gasteiger charge is -2.13. The SMILES string of the molecule is C=CC(=O)NCc1nccc(COc2cc(-c3cnn(C)c3)cn3ncc(C#N)c23)c1Cl. The quantitative estimate of drug-likeness (QED) is 0.436. The van der Waals surface area contributed by atoms with Crippen LogP contribution in [0.25, 0.3) is 16.6 Å². The lowest BCUT2D eigenvalue weighted by molar-refractivity contribution is -0.116. The van der Waals surface area contributed by atoms with Gasteiger partial charge in [-0.05, 0) is 18.2 Å². The molecular weight excluding hydrogens is 430 g/mol. The van der Waals surface area contributed by atoms with E-state index in [4.69, 9.17) is 16.3 Å². The molecule has 0 atom stereocenters. The van der Waals surface area contributed by atoms with Crippen molar-refractivity contribution in [1.82, 2.24) is 29.7 Å². The van der Waals surface area contributed by atoms with Crippen LogP contribution in [0.1, 0.15) is 16.8 Å². The topological polar surface area (TPSA) is 110 Å². The fourth-order valence-corrected chi connectivity index (χ4v) is 3.40. The van der Waals surface area contributed by atoms with Crippen molar-refractivity contribution in [2.45, 2.75) is 13.2 Å². The molecular formula is C22H18ClN7O2. The van der Waals surface area contributed by atoms with Crippen LogP contribution >= 0.6 is 11.6 Å². The average Bonchev–Trinajstić information content (AvgIpc) is 3.43. The Bertz CT molecular complexity index is 1370. The first kappa shape index (κ1) is 21.1. The Labute approximate surface area is 188 Å². The van der Waals surface area contributed by atoms with Crippen molar-refractivity contribution in [3.05, 3.63) is 77.6 Å². The minimum Gasteiger partial charge on any atom is -0.487 e. The van der Waals surface area contributed by atoms with Crippen molar-refractivity contribution in [2.75, 3.05) is 0 Å². The van der Waals surface area contributed by atoms with Crippen molar-refractivity contribution in [1.29, 1.82) is 5.26 Å². The van der Waals surface area contributed by atoms with Crippen LogP contribution in [0.4, 0.5) is 0 Å². The zero-order chi connectivity index (χ0) is 22.7. The fourth-order valence-electron chi connectivity index (χ4n) is 3.17. The molecule has 4 heterocycles. The number of nitrogens with one attached hydrogen (secondary N) is 1. The second-order valence-corrected chi connectivity index (χ2v) is 7.28. The summed E-state index contributed by atoms with van der Waals surface area (Å²) < 4.78 is 9.42. The second kappa shape index (κ2) is 8.91. The minimum atomic E-state index is -0.316. The maximum Gasteiger partial charge on any atom is 0.243 e. The number of hydrogen-bond donors (Lipinski definition) is 1. The predicted octanol–water partition coefficient (Wildman–Crippen LogP) is 3.04. The zero-order valence-corrected chi connectivity index (χ0v) is 17.9. The van der Waals surface area contributed by atoms with Crippen molar-refractivity contribution in [3.8, 4) is 22.9 Å². The first-order valence-electron chi connectivity index (χ1n) is 9.56. The number of nitriles is 1. The summed E-state index contributed by atoms with van der Waals surface area (Å²) in [5, 5.41) is 21.0. The summed E-state index contributed by atoms with van der Waals surface area (Å²) in [4.78, 5) is 15.7. The van der Waals surface area contributed by atoms with Crippen LogP contribution in [0.5, 0.6) is 5.75 Å². The van der Waals surface area contributed by atoms with Gasteiger partial charge in [0.2, 0.25) is 5.91 Å². The van der Waals surface area contributed by atoms with Gasteiger partial charge in [-0.1, -0.05) is 18.2 Å². The first-order valence-corrected chi connectivity index (χ1v) is 9.93. The van der Waals surface area contributed by atoms with E-state index >= 15 is 0 Å². The van der Waals surface area contributed by atoms with Gasteiger partial charge in [0, 0.05) is 42.3 Å². The smallest absolute Gasteiger partial charge is 0.243 e. The van der Waals surface area contributed by atoms with Crippen LogP contribution < -0.4 is 10.1 Å². The van der Waals surface area contributed by atoms with E-state index in [-0.39, 0.29) is 19.1 Å². The van der Waals surface area contributed by atoms with Crippen LogP contribution in [0.2, 0.25) is 5.02 Å². The molecule has 4 rings (SSSR count). The molecule has 0 bridgehead atoms. The Morgan fingerprint density at radius 3 is 2.91 bits per heavy atom. The van der Waals surface area contributed by atoms with E-state index in [1.807, 2.05) is 25.5 Å². The molecule has 0 aliphatic rings. The molecule has 0 saturated carbocycles. The number of halogens is 1. The van der Waals surface area contributed by atoms with Gasteiger partial charge in [0.15, 0.2) is 0 Å². The van der Waals surface area contributed by atoms with Crippen molar-refractivity contribution in [2.24, 2.45) is 7.05 Å². The van der Waals surface area contributed by atoms with Gasteiger partial charge in [-0.25, -0.2) is 4.52 Å². The third-order valence-electron chi connectivity index (χ3n) is 4.78. The summed E-state index contributed by atoms with van der Waals surface area (Å²) in [6.45, 7) is 3.72. The summed E-state index contributed by atoms with van der Waals surface area (Å²) in [7, 11) is 1.83. The minimum absolute atomic E-state index is 0.131. The second-order valence-electron chi connectivity index (χ2n) is 6.90. The summed E-state index contributed by atoms with van der Waals surface area (Å²) in [5.41, 5.74) is 3.87. The van der Waals surface area contributed by atoms with Crippen LogP contribution in [0.3, 0.4) is 0 Å². The standard InChI is InChI=1S/C22H18ClN7O2/c1-3-20(31)26-10-18-21(23)14(4-5-25-18)13-32-19-6-15(17-9-27-29(2)11-17)12-30-22(19)16(7-24)8-28-30/h3-6,8-9,11-12H,1,10,13H2,2H3,(H,26,31). The molecule has 0 saturated heterocycles. The highest BCUT2D eigenvalue weighted by atomic mass is 35.5. The Morgan fingerprint density at radius 1 is 1.34 bits per heavy atom. The van der Waals surface area contributed by atoms with E-state index in [0.29, 0.717) is 33.1 Å². The molecule has 0 aliphatic heterocycles. The Kier molecular flexibility index (Phi) is 5.87. The highest BCUT2D eigenvalue weighted by Crippen LogP contribution is 2.31. The zero-order valence-electron chi connectivity index (χ0n) is 17.1. The number of hydrogen-bond acceptors (Lipinski definition) is 6. The lowest BCUT2D eigenvalue weighted by Crippen LogP contribution is -2.21. The number of amides is 1. The number of carbonyl (C=O) groups excluding carboxylic acids is 1. The number of pyridine rings is 2. The van der Waals surface area contributed by atoms with Gasteiger partial charge in [-0.2, -0.15) is 15.5 Å². The molecule has 0 aliphatic carbocycles. The third-order valence-corrected chi connectivity index (χ3v) is 5.24. The van der Waals surface area contributed by atoms with Crippen LogP contribution in [0, 0.1) is 11.3 Å². The number of nitrogens with zero attached hydrogens (tertiary/aromatic N) is 6. The normalized spacial score (nSPS) is 10.7. The molecule has 0 aromatic carbocycles. The maximum atomic E-state index is 11.4. The Balaban J connectivity index is 1.66. The molecule has 1 amide bonds. The highest BCUT2D eigenvalue weighted by Gasteiger charge is 2.15. The molecule has 160 valence electrons. The van der Waals surface area contributed by atoms with Gasteiger partial charge in [-0.3, -0.25) is 14.5 Å². The summed E-state index contributed by atoms with van der Waals surface area (Å²) in [6, 6.07) is 5.72. The molecule has 4 aromatic rings. The fraction of sp³-hybridized carbons (Fsp3) is 0.136. The molecule has 10 heteroatoms. The van der Waals surface area contributed by atoms with Crippen LogP contribution in [-0.2, 0) is 25.0 Å². The van der Waals surface area contributed by atoms with E-state index in [2.05, 4.69) is 33.1 Å². The van der Waals surface area contributed by atoms with E-state index < -0.39 is 0 Å². The number of fused-ring (bicyclic) bond motifs is 1. The molecule has 0 spiro atoms. The van der Waals surface area contributed by atoms with Gasteiger partial charge in [-0.15, -0.1) is 0 Å². The van der Waals surface area contributed by atoms with E-state index in [1.165, 1.54) is 12.3 Å². The molecule has 4 aromatic heterocycles. The molecule has 0 fully saturated rings. The highest BCUT2D eigenvalue weighted by molar-refractivity contribution is 6.32. The van der Waals surface area contributed by atoms with Gasteiger partial charge in [0.25, 0.3) is 0 Å². The van der Waals surface area contributed by atoms with E-state index in [1.54, 1.807) is 27.7 Å². The predicted molar refractivity (Wildman–Crippen MR) is 118 cm³/mol. The van der Waals surface area contributed by atoms with E-state index in [0.717, 1.165) is 11.1 Å². The third kappa shape index (κ3) is 4.17. The largest absolute Gasteiger partial charge is 0.487 e. The van der Waals surface area contributed by atoms with Crippen molar-refractivity contribution < 1.29 is 9.53 Å². The molecule has 0 unspecified atom stereocenters. The van der Waals surface area contributed by atoms with Gasteiger partial charge in [0.1, 0.15) is 29.5 Å². The number of aromatic nitrogens is 5. The van der Waals surface area contributed by atoms with Crippen molar-refractivity contribution >= 4 is 23.0 Å². The average molecular weight is 448 g/mol. The Hall–Kier alpha value is -4.16. The van der Waals surface area contributed by atoms with Crippen LogP contribution in [0.15, 0.2) is 55.8 Å². The molecule has 32 heavy (non-hydrogen) atoms.